The second kappa shape index (κ2) is 7.72. The Morgan fingerprint density at radius 3 is 2.58 bits per heavy atom. The van der Waals surface area contributed by atoms with Crippen molar-refractivity contribution >= 4 is 29.2 Å². The van der Waals surface area contributed by atoms with E-state index in [0.717, 1.165) is 0 Å². The fourth-order valence-corrected chi connectivity index (χ4v) is 2.93. The number of ether oxygens (including phenoxy) is 1. The monoisotopic (exact) mass is 355 g/mol. The van der Waals surface area contributed by atoms with E-state index in [-0.39, 0.29) is 11.9 Å². The number of piperidine rings is 1. The Bertz CT molecular complexity index is 630. The standard InChI is InChI=1S/C16H22ClN3O4/c1-9(16(22)23)20-5-3-10(4-6-20)19-15(21)11-7-12(17)13(18)8-14(11)24-2/h7-10H,3-6,18H2,1-2H3,(H,19,21)(H,22,23). The summed E-state index contributed by atoms with van der Waals surface area (Å²) in [4.78, 5) is 25.4. The zero-order chi connectivity index (χ0) is 17.9. The van der Waals surface area contributed by atoms with Gasteiger partial charge in [0.15, 0.2) is 0 Å². The van der Waals surface area contributed by atoms with E-state index in [4.69, 9.17) is 27.2 Å². The summed E-state index contributed by atoms with van der Waals surface area (Å²) in [6.45, 7) is 2.92. The second-order valence-electron chi connectivity index (χ2n) is 5.87. The van der Waals surface area contributed by atoms with E-state index in [9.17, 15) is 9.59 Å². The summed E-state index contributed by atoms with van der Waals surface area (Å²) in [5.41, 5.74) is 6.40. The van der Waals surface area contributed by atoms with Crippen LogP contribution in [0.3, 0.4) is 0 Å². The third-order valence-electron chi connectivity index (χ3n) is 4.33. The highest BCUT2D eigenvalue weighted by Gasteiger charge is 2.27. The number of nitrogens with zero attached hydrogens (tertiary/aromatic N) is 1. The first-order valence-corrected chi connectivity index (χ1v) is 8.12. The third-order valence-corrected chi connectivity index (χ3v) is 4.66. The van der Waals surface area contributed by atoms with Gasteiger partial charge >= 0.3 is 5.97 Å². The molecule has 7 nitrogen and oxygen atoms in total. The molecule has 1 saturated heterocycles. The van der Waals surface area contributed by atoms with E-state index in [1.165, 1.54) is 19.2 Å². The predicted molar refractivity (Wildman–Crippen MR) is 91.6 cm³/mol. The number of nitrogen functional groups attached to an aromatic ring is 1. The van der Waals surface area contributed by atoms with Crippen LogP contribution >= 0.6 is 11.6 Å². The molecule has 24 heavy (non-hydrogen) atoms. The number of benzene rings is 1. The second-order valence-corrected chi connectivity index (χ2v) is 6.28. The summed E-state index contributed by atoms with van der Waals surface area (Å²) in [6, 6.07) is 2.48. The molecule has 0 bridgehead atoms. The Morgan fingerprint density at radius 1 is 1.42 bits per heavy atom. The lowest BCUT2D eigenvalue weighted by Gasteiger charge is -2.34. The summed E-state index contributed by atoms with van der Waals surface area (Å²) in [6.07, 6.45) is 1.38. The van der Waals surface area contributed by atoms with Crippen molar-refractivity contribution in [3.63, 3.8) is 0 Å². The van der Waals surface area contributed by atoms with Crippen molar-refractivity contribution in [3.05, 3.63) is 22.7 Å². The fraction of sp³-hybridized carbons (Fsp3) is 0.500. The largest absolute Gasteiger partial charge is 0.496 e. The number of hydrogen-bond donors (Lipinski definition) is 3. The number of nitrogens with two attached hydrogens (primary N) is 1. The number of aliphatic carboxylic acids is 1. The van der Waals surface area contributed by atoms with E-state index in [2.05, 4.69) is 5.32 Å². The molecular weight excluding hydrogens is 334 g/mol. The Labute approximate surface area is 145 Å². The van der Waals surface area contributed by atoms with Crippen LogP contribution in [0.5, 0.6) is 5.75 Å². The first-order valence-electron chi connectivity index (χ1n) is 7.74. The molecule has 1 atom stereocenters. The molecule has 1 aromatic carbocycles. The molecular formula is C16H22ClN3O4. The summed E-state index contributed by atoms with van der Waals surface area (Å²) >= 11 is 5.99. The minimum atomic E-state index is -0.835. The Hall–Kier alpha value is -1.99. The molecule has 1 heterocycles. The van der Waals surface area contributed by atoms with Gasteiger partial charge in [0, 0.05) is 25.2 Å². The van der Waals surface area contributed by atoms with Crippen molar-refractivity contribution < 1.29 is 19.4 Å². The molecule has 4 N–H and O–H groups in total. The summed E-state index contributed by atoms with van der Waals surface area (Å²) in [5.74, 6) is -0.747. The van der Waals surface area contributed by atoms with Crippen LogP contribution in [-0.4, -0.2) is 54.2 Å². The third kappa shape index (κ3) is 4.10. The molecule has 1 amide bonds. The van der Waals surface area contributed by atoms with Crippen LogP contribution in [0.4, 0.5) is 5.69 Å². The topological polar surface area (TPSA) is 105 Å². The van der Waals surface area contributed by atoms with Crippen LogP contribution < -0.4 is 15.8 Å². The molecule has 2 rings (SSSR count). The zero-order valence-corrected chi connectivity index (χ0v) is 14.5. The van der Waals surface area contributed by atoms with E-state index in [0.29, 0.717) is 48.0 Å². The lowest BCUT2D eigenvalue weighted by molar-refractivity contribution is -0.143. The van der Waals surface area contributed by atoms with E-state index in [1.54, 1.807) is 6.92 Å². The fourth-order valence-electron chi connectivity index (χ4n) is 2.77. The SMILES string of the molecule is COc1cc(N)c(Cl)cc1C(=O)NC1CCN(C(C)C(=O)O)CC1. The number of nitrogens with one attached hydrogen (secondary N) is 1. The number of hydrogen-bond acceptors (Lipinski definition) is 5. The van der Waals surface area contributed by atoms with Crippen LogP contribution in [0.1, 0.15) is 30.1 Å². The lowest BCUT2D eigenvalue weighted by atomic mass is 10.0. The van der Waals surface area contributed by atoms with Gasteiger partial charge in [-0.3, -0.25) is 14.5 Å². The molecule has 0 saturated carbocycles. The van der Waals surface area contributed by atoms with Crippen LogP contribution in [0.25, 0.3) is 0 Å². The maximum absolute atomic E-state index is 12.5. The number of halogens is 1. The number of methoxy groups -OCH3 is 1. The molecule has 8 heteroatoms. The number of carboxylic acid groups (broad SMARTS) is 1. The molecule has 0 spiro atoms. The van der Waals surface area contributed by atoms with Crippen molar-refractivity contribution in [2.45, 2.75) is 31.8 Å². The van der Waals surface area contributed by atoms with Crippen LogP contribution in [-0.2, 0) is 4.79 Å². The van der Waals surface area contributed by atoms with Gasteiger partial charge in [-0.25, -0.2) is 0 Å². The van der Waals surface area contributed by atoms with Gasteiger partial charge < -0.3 is 20.9 Å². The highest BCUT2D eigenvalue weighted by atomic mass is 35.5. The molecule has 0 radical (unpaired) electrons. The van der Waals surface area contributed by atoms with Gasteiger partial charge in [0.05, 0.1) is 23.4 Å². The molecule has 132 valence electrons. The lowest BCUT2D eigenvalue weighted by Crippen LogP contribution is -2.49. The Kier molecular flexibility index (Phi) is 5.90. The normalized spacial score (nSPS) is 17.3. The van der Waals surface area contributed by atoms with Crippen molar-refractivity contribution in [1.82, 2.24) is 10.2 Å². The number of carboxylic acids is 1. The Morgan fingerprint density at radius 2 is 2.04 bits per heavy atom. The van der Waals surface area contributed by atoms with Crippen molar-refractivity contribution in [3.8, 4) is 5.75 Å². The van der Waals surface area contributed by atoms with Crippen LogP contribution in [0.2, 0.25) is 5.02 Å². The number of carbonyl (C=O) groups excluding carboxylic acids is 1. The highest BCUT2D eigenvalue weighted by molar-refractivity contribution is 6.33. The highest BCUT2D eigenvalue weighted by Crippen LogP contribution is 2.29. The van der Waals surface area contributed by atoms with Gasteiger partial charge in [0.1, 0.15) is 11.8 Å². The smallest absolute Gasteiger partial charge is 0.320 e. The maximum Gasteiger partial charge on any atom is 0.320 e. The van der Waals surface area contributed by atoms with E-state index in [1.807, 2.05) is 4.90 Å². The van der Waals surface area contributed by atoms with Gasteiger partial charge in [-0.2, -0.15) is 0 Å². The number of anilines is 1. The van der Waals surface area contributed by atoms with Gasteiger partial charge in [0.25, 0.3) is 5.91 Å². The summed E-state index contributed by atoms with van der Waals surface area (Å²) in [7, 11) is 1.46. The minimum absolute atomic E-state index is 0.0178. The maximum atomic E-state index is 12.5. The molecule has 1 aliphatic heterocycles. The van der Waals surface area contributed by atoms with Crippen LogP contribution in [0, 0.1) is 0 Å². The zero-order valence-electron chi connectivity index (χ0n) is 13.7. The minimum Gasteiger partial charge on any atom is -0.496 e. The molecule has 1 unspecified atom stereocenters. The Balaban J connectivity index is 1.99. The average Bonchev–Trinajstić information content (AvgIpc) is 2.56. The first-order chi connectivity index (χ1) is 11.3. The van der Waals surface area contributed by atoms with Crippen LogP contribution in [0.15, 0.2) is 12.1 Å². The average molecular weight is 356 g/mol. The predicted octanol–water partition coefficient (Wildman–Crippen LogP) is 1.60. The number of likely N-dealkylation sites (tertiary alicyclic amines) is 1. The van der Waals surface area contributed by atoms with E-state index >= 15 is 0 Å². The molecule has 1 fully saturated rings. The quantitative estimate of drug-likeness (QED) is 0.693. The number of amides is 1. The van der Waals surface area contributed by atoms with E-state index < -0.39 is 12.0 Å². The van der Waals surface area contributed by atoms with Gasteiger partial charge in [-0.05, 0) is 25.8 Å². The van der Waals surface area contributed by atoms with Crippen molar-refractivity contribution in [2.75, 3.05) is 25.9 Å². The molecule has 1 aliphatic rings. The van der Waals surface area contributed by atoms with Gasteiger partial charge in [-0.15, -0.1) is 0 Å². The van der Waals surface area contributed by atoms with Gasteiger partial charge in [-0.1, -0.05) is 11.6 Å². The number of rotatable bonds is 5. The van der Waals surface area contributed by atoms with Crippen molar-refractivity contribution in [1.29, 1.82) is 0 Å². The number of carbonyl (C=O) groups is 2. The van der Waals surface area contributed by atoms with Gasteiger partial charge in [0.2, 0.25) is 0 Å². The molecule has 1 aromatic rings. The summed E-state index contributed by atoms with van der Waals surface area (Å²) < 4.78 is 5.19. The molecule has 0 aliphatic carbocycles. The van der Waals surface area contributed by atoms with Crippen molar-refractivity contribution in [2.24, 2.45) is 0 Å². The first kappa shape index (κ1) is 18.4. The summed E-state index contributed by atoms with van der Waals surface area (Å²) in [5, 5.41) is 12.3. The molecule has 0 aromatic heterocycles.